The minimum atomic E-state index is -0.384. The largest absolute Gasteiger partial charge is 0.497 e. The van der Waals surface area contributed by atoms with Crippen LogP contribution < -0.4 is 20.3 Å². The van der Waals surface area contributed by atoms with Gasteiger partial charge in [-0.1, -0.05) is 12.1 Å². The maximum atomic E-state index is 13.8. The Balaban J connectivity index is 1.47. The van der Waals surface area contributed by atoms with Crippen molar-refractivity contribution in [1.29, 1.82) is 0 Å². The molecule has 0 spiro atoms. The predicted octanol–water partition coefficient (Wildman–Crippen LogP) is 4.78. The van der Waals surface area contributed by atoms with Gasteiger partial charge < -0.3 is 24.6 Å². The molecule has 9 nitrogen and oxygen atoms in total. The molecule has 1 amide bonds. The first kappa shape index (κ1) is 27.0. The molecule has 1 aliphatic heterocycles. The van der Waals surface area contributed by atoms with Gasteiger partial charge in [0.05, 0.1) is 19.0 Å². The molecule has 0 saturated carbocycles. The fourth-order valence-corrected chi connectivity index (χ4v) is 4.52. The zero-order valence-corrected chi connectivity index (χ0v) is 23.2. The molecule has 0 radical (unpaired) electrons. The minimum absolute atomic E-state index is 0.00404. The molecular weight excluding hydrogens is 506 g/mol. The van der Waals surface area contributed by atoms with Crippen LogP contribution in [0.15, 0.2) is 77.7 Å². The van der Waals surface area contributed by atoms with Gasteiger partial charge in [0, 0.05) is 37.4 Å². The molecule has 1 aromatic heterocycles. The van der Waals surface area contributed by atoms with Gasteiger partial charge in [-0.25, -0.2) is 0 Å². The van der Waals surface area contributed by atoms with E-state index in [0.29, 0.717) is 47.3 Å². The first-order valence-electron chi connectivity index (χ1n) is 13.2. The van der Waals surface area contributed by atoms with Gasteiger partial charge in [-0.2, -0.15) is 9.78 Å². The maximum Gasteiger partial charge on any atom is 0.299 e. The highest BCUT2D eigenvalue weighted by Crippen LogP contribution is 2.32. The zero-order chi connectivity index (χ0) is 28.2. The number of ether oxygens (including phenoxy) is 2. The number of nitrogens with zero attached hydrogens (tertiary/aromatic N) is 4. The number of nitrogens with one attached hydrogen (secondary N) is 1. The van der Waals surface area contributed by atoms with Crippen LogP contribution in [0.25, 0.3) is 5.69 Å². The van der Waals surface area contributed by atoms with E-state index in [4.69, 9.17) is 9.47 Å². The summed E-state index contributed by atoms with van der Waals surface area (Å²) < 4.78 is 12.8. The van der Waals surface area contributed by atoms with Gasteiger partial charge in [0.15, 0.2) is 11.4 Å². The molecule has 3 aromatic carbocycles. The number of carbonyl (C=O) groups is 1. The van der Waals surface area contributed by atoms with Gasteiger partial charge in [0.25, 0.3) is 11.5 Å². The molecule has 1 aliphatic rings. The topological polar surface area (TPSA) is 88.9 Å². The summed E-state index contributed by atoms with van der Waals surface area (Å²) in [5.74, 6) is 1.61. The summed E-state index contributed by atoms with van der Waals surface area (Å²) in [4.78, 5) is 30.8. The number of amides is 1. The molecule has 1 N–H and O–H groups in total. The smallest absolute Gasteiger partial charge is 0.299 e. The quantitative estimate of drug-likeness (QED) is 0.362. The van der Waals surface area contributed by atoms with Crippen molar-refractivity contribution >= 4 is 17.3 Å². The Bertz CT molecular complexity index is 1560. The molecule has 1 fully saturated rings. The Morgan fingerprint density at radius 1 is 0.900 bits per heavy atom. The first-order valence-corrected chi connectivity index (χ1v) is 13.2. The Hall–Kier alpha value is -4.63. The van der Waals surface area contributed by atoms with Gasteiger partial charge >= 0.3 is 0 Å². The standard InChI is InChI=1S/C31H33N5O4/c1-21-6-5-7-27(22(21)2)40-28-20-32-36(25-12-14-26(39-4)15-13-25)31(38)29(28)33-24-10-8-23(9-11-24)30(37)35-18-16-34(3)17-19-35/h5-15,20,33H,16-19H2,1-4H3. The Labute approximate surface area is 233 Å². The molecule has 40 heavy (non-hydrogen) atoms. The average Bonchev–Trinajstić information content (AvgIpc) is 2.98. The van der Waals surface area contributed by atoms with E-state index < -0.39 is 0 Å². The van der Waals surface area contributed by atoms with Crippen molar-refractivity contribution in [2.24, 2.45) is 0 Å². The molecule has 9 heteroatoms. The van der Waals surface area contributed by atoms with Gasteiger partial charge in [-0.3, -0.25) is 9.59 Å². The van der Waals surface area contributed by atoms with E-state index in [9.17, 15) is 9.59 Å². The average molecular weight is 540 g/mol. The third kappa shape index (κ3) is 5.69. The molecule has 206 valence electrons. The number of hydrogen-bond acceptors (Lipinski definition) is 7. The molecule has 2 heterocycles. The van der Waals surface area contributed by atoms with E-state index in [-0.39, 0.29) is 17.2 Å². The van der Waals surface area contributed by atoms with Crippen LogP contribution in [0, 0.1) is 13.8 Å². The second kappa shape index (κ2) is 11.6. The third-order valence-electron chi connectivity index (χ3n) is 7.23. The van der Waals surface area contributed by atoms with E-state index in [2.05, 4.69) is 22.4 Å². The van der Waals surface area contributed by atoms with E-state index in [0.717, 1.165) is 24.2 Å². The first-order chi connectivity index (χ1) is 19.3. The van der Waals surface area contributed by atoms with Crippen molar-refractivity contribution in [2.75, 3.05) is 45.7 Å². The summed E-state index contributed by atoms with van der Waals surface area (Å²) in [6, 6.07) is 20.0. The molecule has 0 aliphatic carbocycles. The van der Waals surface area contributed by atoms with Crippen molar-refractivity contribution in [3.05, 3.63) is 100.0 Å². The summed E-state index contributed by atoms with van der Waals surface area (Å²) in [6.07, 6.45) is 1.53. The summed E-state index contributed by atoms with van der Waals surface area (Å²) in [5, 5.41) is 7.62. The molecule has 1 saturated heterocycles. The van der Waals surface area contributed by atoms with Crippen LogP contribution in [-0.2, 0) is 0 Å². The number of anilines is 2. The molecule has 4 aromatic rings. The normalized spacial score (nSPS) is 13.7. The number of benzene rings is 3. The van der Waals surface area contributed by atoms with Crippen molar-refractivity contribution in [3.8, 4) is 22.9 Å². The number of aromatic nitrogens is 2. The molecular formula is C31H33N5O4. The van der Waals surface area contributed by atoms with Crippen LogP contribution in [0.2, 0.25) is 0 Å². The monoisotopic (exact) mass is 539 g/mol. The number of likely N-dealkylation sites (N-methyl/N-ethyl adjacent to an activating group) is 1. The van der Waals surface area contributed by atoms with E-state index in [1.807, 2.05) is 36.9 Å². The van der Waals surface area contributed by atoms with Crippen molar-refractivity contribution < 1.29 is 14.3 Å². The Morgan fingerprint density at radius 2 is 1.60 bits per heavy atom. The van der Waals surface area contributed by atoms with E-state index >= 15 is 0 Å². The number of piperazine rings is 1. The lowest BCUT2D eigenvalue weighted by atomic mass is 10.1. The lowest BCUT2D eigenvalue weighted by molar-refractivity contribution is 0.0664. The highest BCUT2D eigenvalue weighted by molar-refractivity contribution is 5.94. The second-order valence-electron chi connectivity index (χ2n) is 9.90. The van der Waals surface area contributed by atoms with E-state index in [1.165, 1.54) is 10.9 Å². The van der Waals surface area contributed by atoms with Crippen LogP contribution in [0.5, 0.6) is 17.2 Å². The van der Waals surface area contributed by atoms with Gasteiger partial charge in [-0.05, 0) is 86.6 Å². The number of carbonyl (C=O) groups excluding carboxylic acids is 1. The van der Waals surface area contributed by atoms with Crippen LogP contribution in [0.3, 0.4) is 0 Å². The number of hydrogen-bond donors (Lipinski definition) is 1. The Kier molecular flexibility index (Phi) is 7.84. The van der Waals surface area contributed by atoms with Crippen LogP contribution in [0.1, 0.15) is 21.5 Å². The highest BCUT2D eigenvalue weighted by Gasteiger charge is 2.21. The Morgan fingerprint density at radius 3 is 2.27 bits per heavy atom. The van der Waals surface area contributed by atoms with Crippen LogP contribution >= 0.6 is 0 Å². The number of rotatable bonds is 7. The fraction of sp³-hybridized carbons (Fsp3) is 0.258. The minimum Gasteiger partial charge on any atom is -0.497 e. The predicted molar refractivity (Wildman–Crippen MR) is 156 cm³/mol. The molecule has 0 unspecified atom stereocenters. The highest BCUT2D eigenvalue weighted by atomic mass is 16.5. The number of methoxy groups -OCH3 is 1. The summed E-state index contributed by atoms with van der Waals surface area (Å²) >= 11 is 0. The molecule has 0 atom stereocenters. The lowest BCUT2D eigenvalue weighted by Gasteiger charge is -2.32. The van der Waals surface area contributed by atoms with Gasteiger partial charge in [-0.15, -0.1) is 0 Å². The fourth-order valence-electron chi connectivity index (χ4n) is 4.52. The summed E-state index contributed by atoms with van der Waals surface area (Å²) in [7, 11) is 3.65. The van der Waals surface area contributed by atoms with Gasteiger partial charge in [0.1, 0.15) is 11.5 Å². The van der Waals surface area contributed by atoms with Crippen LogP contribution in [-0.4, -0.2) is 65.8 Å². The third-order valence-corrected chi connectivity index (χ3v) is 7.23. The number of aryl methyl sites for hydroxylation is 1. The summed E-state index contributed by atoms with van der Waals surface area (Å²) in [5.41, 5.74) is 3.72. The molecule has 5 rings (SSSR count). The van der Waals surface area contributed by atoms with Crippen molar-refractivity contribution in [2.45, 2.75) is 13.8 Å². The van der Waals surface area contributed by atoms with E-state index in [1.54, 1.807) is 55.6 Å². The van der Waals surface area contributed by atoms with Crippen molar-refractivity contribution in [3.63, 3.8) is 0 Å². The lowest BCUT2D eigenvalue weighted by Crippen LogP contribution is -2.47. The second-order valence-corrected chi connectivity index (χ2v) is 9.90. The molecule has 0 bridgehead atoms. The van der Waals surface area contributed by atoms with Crippen LogP contribution in [0.4, 0.5) is 11.4 Å². The van der Waals surface area contributed by atoms with Gasteiger partial charge in [0.2, 0.25) is 0 Å². The zero-order valence-electron chi connectivity index (χ0n) is 23.2. The summed E-state index contributed by atoms with van der Waals surface area (Å²) in [6.45, 7) is 7.10. The van der Waals surface area contributed by atoms with Crippen molar-refractivity contribution in [1.82, 2.24) is 19.6 Å². The maximum absolute atomic E-state index is 13.8. The SMILES string of the molecule is COc1ccc(-n2ncc(Oc3cccc(C)c3C)c(Nc3ccc(C(=O)N4CCN(C)CC4)cc3)c2=O)cc1.